The Hall–Kier alpha value is -1.96. The van der Waals surface area contributed by atoms with Gasteiger partial charge in [0.25, 0.3) is 0 Å². The van der Waals surface area contributed by atoms with Gasteiger partial charge in [-0.1, -0.05) is 56.1 Å². The lowest BCUT2D eigenvalue weighted by Crippen LogP contribution is -2.16. The molecule has 0 N–H and O–H groups in total. The van der Waals surface area contributed by atoms with Crippen molar-refractivity contribution in [1.82, 2.24) is 0 Å². The summed E-state index contributed by atoms with van der Waals surface area (Å²) in [6.45, 7) is 0. The predicted molar refractivity (Wildman–Crippen MR) is 106 cm³/mol. The molecule has 140 valence electrons. The molecule has 0 saturated heterocycles. The summed E-state index contributed by atoms with van der Waals surface area (Å²) in [5.41, 5.74) is 1.78. The first-order valence-electron chi connectivity index (χ1n) is 8.03. The summed E-state index contributed by atoms with van der Waals surface area (Å²) in [4.78, 5) is 25.1. The molecule has 0 aromatic heterocycles. The third kappa shape index (κ3) is 4.00. The maximum Gasteiger partial charge on any atom is 0.337 e. The van der Waals surface area contributed by atoms with E-state index in [1.54, 1.807) is 0 Å². The Labute approximate surface area is 173 Å². The molecule has 0 amide bonds. The monoisotopic (exact) mass is 494 g/mol. The van der Waals surface area contributed by atoms with Gasteiger partial charge >= 0.3 is 11.9 Å². The molecular weight excluding hydrogens is 480 g/mol. The van der Waals surface area contributed by atoms with Crippen LogP contribution in [0.4, 0.5) is 0 Å². The van der Waals surface area contributed by atoms with Crippen molar-refractivity contribution in [3.05, 3.63) is 79.7 Å². The van der Waals surface area contributed by atoms with E-state index in [-0.39, 0.29) is 11.1 Å². The average Bonchev–Trinajstić information content (AvgIpc) is 3.08. The second-order valence-corrected chi connectivity index (χ2v) is 7.64. The number of benzene rings is 2. The van der Waals surface area contributed by atoms with Crippen molar-refractivity contribution in [2.24, 2.45) is 0 Å². The highest BCUT2D eigenvalue weighted by molar-refractivity contribution is 9.10. The molecule has 0 aliphatic carbocycles. The Morgan fingerprint density at radius 3 is 1.37 bits per heavy atom. The van der Waals surface area contributed by atoms with E-state index in [1.807, 2.05) is 48.5 Å². The van der Waals surface area contributed by atoms with Crippen LogP contribution in [0.1, 0.15) is 23.3 Å². The molecule has 0 radical (unpaired) electrons. The Morgan fingerprint density at radius 2 is 1.07 bits per heavy atom. The van der Waals surface area contributed by atoms with Gasteiger partial charge in [-0.05, 0) is 35.4 Å². The SMILES string of the molecule is COC(=O)C1=C(C(=O)OC)[C@@H](c2ccc(Br)cc2)O[C@H]1c1ccc(Br)cc1. The van der Waals surface area contributed by atoms with Crippen molar-refractivity contribution in [3.8, 4) is 0 Å². The molecular formula is C20H16Br2O5. The van der Waals surface area contributed by atoms with Gasteiger partial charge in [0.05, 0.1) is 25.4 Å². The maximum atomic E-state index is 12.5. The highest BCUT2D eigenvalue weighted by Crippen LogP contribution is 2.46. The van der Waals surface area contributed by atoms with Crippen LogP contribution in [-0.4, -0.2) is 26.2 Å². The van der Waals surface area contributed by atoms with Crippen molar-refractivity contribution in [2.75, 3.05) is 14.2 Å². The number of methoxy groups -OCH3 is 2. The van der Waals surface area contributed by atoms with Crippen LogP contribution in [0.3, 0.4) is 0 Å². The minimum atomic E-state index is -0.742. The molecule has 7 heteroatoms. The van der Waals surface area contributed by atoms with Gasteiger partial charge in [-0.15, -0.1) is 0 Å². The van der Waals surface area contributed by atoms with E-state index >= 15 is 0 Å². The van der Waals surface area contributed by atoms with Gasteiger partial charge in [0.1, 0.15) is 12.2 Å². The van der Waals surface area contributed by atoms with Crippen molar-refractivity contribution in [3.63, 3.8) is 0 Å². The number of carbonyl (C=O) groups is 2. The zero-order valence-electron chi connectivity index (χ0n) is 14.6. The minimum Gasteiger partial charge on any atom is -0.466 e. The number of hydrogen-bond acceptors (Lipinski definition) is 5. The Balaban J connectivity index is 2.16. The van der Waals surface area contributed by atoms with Crippen molar-refractivity contribution < 1.29 is 23.8 Å². The highest BCUT2D eigenvalue weighted by Gasteiger charge is 2.44. The van der Waals surface area contributed by atoms with Crippen molar-refractivity contribution in [1.29, 1.82) is 0 Å². The largest absolute Gasteiger partial charge is 0.466 e. The summed E-state index contributed by atoms with van der Waals surface area (Å²) in [7, 11) is 2.55. The first kappa shape index (κ1) is 19.8. The van der Waals surface area contributed by atoms with Gasteiger partial charge in [0, 0.05) is 8.95 Å². The van der Waals surface area contributed by atoms with Crippen molar-refractivity contribution >= 4 is 43.8 Å². The van der Waals surface area contributed by atoms with Crippen LogP contribution in [0.15, 0.2) is 68.6 Å². The van der Waals surface area contributed by atoms with Gasteiger partial charge in [-0.25, -0.2) is 9.59 Å². The molecule has 3 rings (SSSR count). The van der Waals surface area contributed by atoms with E-state index in [2.05, 4.69) is 31.9 Å². The highest BCUT2D eigenvalue weighted by atomic mass is 79.9. The molecule has 1 heterocycles. The van der Waals surface area contributed by atoms with Gasteiger partial charge < -0.3 is 14.2 Å². The second-order valence-electron chi connectivity index (χ2n) is 5.81. The quantitative estimate of drug-likeness (QED) is 0.577. The number of hydrogen-bond donors (Lipinski definition) is 0. The molecule has 1 aliphatic heterocycles. The maximum absolute atomic E-state index is 12.5. The van der Waals surface area contributed by atoms with Crippen LogP contribution in [0, 0.1) is 0 Å². The van der Waals surface area contributed by atoms with E-state index in [4.69, 9.17) is 14.2 Å². The molecule has 27 heavy (non-hydrogen) atoms. The molecule has 1 aliphatic rings. The van der Waals surface area contributed by atoms with Crippen molar-refractivity contribution in [2.45, 2.75) is 12.2 Å². The molecule has 5 nitrogen and oxygen atoms in total. The zero-order chi connectivity index (χ0) is 19.6. The smallest absolute Gasteiger partial charge is 0.337 e. The Morgan fingerprint density at radius 1 is 0.741 bits per heavy atom. The molecule has 2 atom stereocenters. The van der Waals surface area contributed by atoms with Gasteiger partial charge in [0.2, 0.25) is 0 Å². The fourth-order valence-corrected chi connectivity index (χ4v) is 3.50. The van der Waals surface area contributed by atoms with Gasteiger partial charge in [-0.2, -0.15) is 0 Å². The standard InChI is InChI=1S/C20H16Br2O5/c1-25-19(23)15-16(20(24)26-2)18(12-5-9-14(22)10-6-12)27-17(15)11-3-7-13(21)8-4-11/h3-10,17-18H,1-2H3/t17-,18+. The third-order valence-corrected chi connectivity index (χ3v) is 5.30. The molecule has 2 aromatic carbocycles. The molecule has 0 unspecified atom stereocenters. The number of rotatable bonds is 4. The normalized spacial score (nSPS) is 19.1. The van der Waals surface area contributed by atoms with E-state index in [9.17, 15) is 9.59 Å². The summed E-state index contributed by atoms with van der Waals surface area (Å²) in [6, 6.07) is 14.7. The molecule has 0 saturated carbocycles. The number of halogens is 2. The molecule has 2 aromatic rings. The van der Waals surface area contributed by atoms with Crippen LogP contribution in [0.2, 0.25) is 0 Å². The van der Waals surface area contributed by atoms with Crippen LogP contribution < -0.4 is 0 Å². The minimum absolute atomic E-state index is 0.152. The van der Waals surface area contributed by atoms with E-state index < -0.39 is 24.1 Å². The van der Waals surface area contributed by atoms with Gasteiger partial charge in [-0.3, -0.25) is 0 Å². The summed E-state index contributed by atoms with van der Waals surface area (Å²) < 4.78 is 17.8. The molecule has 0 bridgehead atoms. The first-order chi connectivity index (χ1) is 13.0. The number of esters is 2. The number of carbonyl (C=O) groups excluding carboxylic acids is 2. The zero-order valence-corrected chi connectivity index (χ0v) is 17.7. The summed E-state index contributed by atoms with van der Waals surface area (Å²) in [6.07, 6.45) is -1.48. The van der Waals surface area contributed by atoms with Crippen LogP contribution in [-0.2, 0) is 23.8 Å². The van der Waals surface area contributed by atoms with E-state index in [0.29, 0.717) is 0 Å². The average molecular weight is 496 g/mol. The molecule has 0 fully saturated rings. The number of ether oxygens (including phenoxy) is 3. The second kappa shape index (κ2) is 8.37. The van der Waals surface area contributed by atoms with Crippen LogP contribution >= 0.6 is 31.9 Å². The third-order valence-electron chi connectivity index (χ3n) is 4.24. The van der Waals surface area contributed by atoms with E-state index in [0.717, 1.165) is 20.1 Å². The summed E-state index contributed by atoms with van der Waals surface area (Å²) >= 11 is 6.78. The fourth-order valence-electron chi connectivity index (χ4n) is 2.97. The fraction of sp³-hybridized carbons (Fsp3) is 0.200. The lowest BCUT2D eigenvalue weighted by molar-refractivity contribution is -0.139. The lowest BCUT2D eigenvalue weighted by atomic mass is 9.95. The first-order valence-corrected chi connectivity index (χ1v) is 9.62. The van der Waals surface area contributed by atoms with E-state index in [1.165, 1.54) is 14.2 Å². The van der Waals surface area contributed by atoms with Gasteiger partial charge in [0.15, 0.2) is 0 Å². The molecule has 0 spiro atoms. The predicted octanol–water partition coefficient (Wildman–Crippen LogP) is 4.67. The topological polar surface area (TPSA) is 61.8 Å². The lowest BCUT2D eigenvalue weighted by Gasteiger charge is -2.17. The van der Waals surface area contributed by atoms with Crippen LogP contribution in [0.5, 0.6) is 0 Å². The summed E-state index contributed by atoms with van der Waals surface area (Å²) in [5.74, 6) is -1.24. The Kier molecular flexibility index (Phi) is 6.14. The Bertz CT molecular complexity index is 814. The summed E-state index contributed by atoms with van der Waals surface area (Å²) in [5, 5.41) is 0. The van der Waals surface area contributed by atoms with Crippen LogP contribution in [0.25, 0.3) is 0 Å².